The lowest BCUT2D eigenvalue weighted by atomic mass is 10.1. The number of benzene rings is 2. The van der Waals surface area contributed by atoms with Gasteiger partial charge >= 0.3 is 6.18 Å². The van der Waals surface area contributed by atoms with E-state index in [-0.39, 0.29) is 10.7 Å². The van der Waals surface area contributed by atoms with Crippen LogP contribution in [0.4, 0.5) is 24.5 Å². The number of ether oxygens (including phenoxy) is 1. The summed E-state index contributed by atoms with van der Waals surface area (Å²) in [7, 11) is 1.48. The number of thiocarbonyl (C=S) groups is 1. The maximum absolute atomic E-state index is 12.8. The summed E-state index contributed by atoms with van der Waals surface area (Å²) in [5.74, 6) is -1.68. The van der Waals surface area contributed by atoms with E-state index in [4.69, 9.17) is 17.0 Å². The second-order valence-electron chi connectivity index (χ2n) is 5.35. The topological polar surface area (TPSA) is 74.1 Å². The van der Waals surface area contributed by atoms with E-state index in [0.717, 1.165) is 18.2 Å². The summed E-state index contributed by atoms with van der Waals surface area (Å²) in [5.41, 5.74) is -0.489. The van der Waals surface area contributed by atoms with Crippen molar-refractivity contribution in [2.45, 2.75) is 6.18 Å². The summed E-state index contributed by atoms with van der Waals surface area (Å²) in [4.78, 5) is 12.2. The van der Waals surface area contributed by atoms with Crippen LogP contribution in [0.3, 0.4) is 0 Å². The van der Waals surface area contributed by atoms with Gasteiger partial charge in [0.25, 0.3) is 0 Å². The van der Waals surface area contributed by atoms with Crippen molar-refractivity contribution in [1.82, 2.24) is 0 Å². The van der Waals surface area contributed by atoms with Crippen LogP contribution in [-0.4, -0.2) is 18.0 Å². The molecule has 2 aromatic carbocycles. The van der Waals surface area contributed by atoms with E-state index in [9.17, 15) is 23.2 Å². The zero-order valence-electron chi connectivity index (χ0n) is 14.0. The van der Waals surface area contributed by atoms with Gasteiger partial charge in [0.15, 0.2) is 5.92 Å². The van der Waals surface area contributed by atoms with E-state index in [0.29, 0.717) is 11.4 Å². The number of rotatable bonds is 5. The Balaban J connectivity index is 2.11. The molecule has 0 aromatic heterocycles. The van der Waals surface area contributed by atoms with E-state index in [1.807, 2.05) is 0 Å². The Kier molecular flexibility index (Phi) is 6.36. The number of halogens is 3. The first-order valence-electron chi connectivity index (χ1n) is 7.57. The highest BCUT2D eigenvalue weighted by Gasteiger charge is 2.31. The van der Waals surface area contributed by atoms with Gasteiger partial charge in [0.2, 0.25) is 5.91 Å². The second kappa shape index (κ2) is 8.51. The third-order valence-corrected chi connectivity index (χ3v) is 3.79. The number of nitrogens with one attached hydrogen (secondary N) is 2. The van der Waals surface area contributed by atoms with Gasteiger partial charge in [-0.05, 0) is 30.3 Å². The highest BCUT2D eigenvalue weighted by Crippen LogP contribution is 2.30. The number of amides is 1. The van der Waals surface area contributed by atoms with Crippen LogP contribution in [0, 0.1) is 17.2 Å². The van der Waals surface area contributed by atoms with Gasteiger partial charge < -0.3 is 15.4 Å². The molecule has 0 bridgehead atoms. The highest BCUT2D eigenvalue weighted by atomic mass is 32.1. The van der Waals surface area contributed by atoms with E-state index >= 15 is 0 Å². The average Bonchev–Trinajstić information content (AvgIpc) is 2.62. The molecule has 1 atom stereocenters. The van der Waals surface area contributed by atoms with Crippen LogP contribution >= 0.6 is 12.2 Å². The van der Waals surface area contributed by atoms with Crippen LogP contribution < -0.4 is 15.4 Å². The Labute approximate surface area is 158 Å². The van der Waals surface area contributed by atoms with Crippen LogP contribution in [-0.2, 0) is 11.0 Å². The van der Waals surface area contributed by atoms with Crippen LogP contribution in [0.2, 0.25) is 0 Å². The molecular weight excluding hydrogens is 379 g/mol. The predicted octanol–water partition coefficient (Wildman–Crippen LogP) is 4.23. The summed E-state index contributed by atoms with van der Waals surface area (Å²) >= 11 is 5.10. The van der Waals surface area contributed by atoms with Gasteiger partial charge in [0.05, 0.1) is 18.7 Å². The minimum absolute atomic E-state index is 0.0840. The molecule has 0 aliphatic heterocycles. The van der Waals surface area contributed by atoms with E-state index in [2.05, 4.69) is 10.6 Å². The zero-order chi connectivity index (χ0) is 20.0. The third-order valence-electron chi connectivity index (χ3n) is 3.45. The standard InChI is InChI=1S/C18H14F3N3O2S/c1-26-14-7-3-6-13(9-14)24-17(27)15(10-22)16(25)23-12-5-2-4-11(8-12)18(19,20)21/h2-9,15H,1H3,(H,23,25)(H,24,27)/t15-/m1/s1. The maximum atomic E-state index is 12.8. The van der Waals surface area contributed by atoms with Gasteiger partial charge in [-0.15, -0.1) is 0 Å². The average molecular weight is 393 g/mol. The number of carbonyl (C=O) groups excluding carboxylic acids is 1. The van der Waals surface area contributed by atoms with Crippen LogP contribution in [0.1, 0.15) is 5.56 Å². The number of methoxy groups -OCH3 is 1. The van der Waals surface area contributed by atoms with Gasteiger partial charge in [0, 0.05) is 17.4 Å². The van der Waals surface area contributed by atoms with Crippen molar-refractivity contribution < 1.29 is 22.7 Å². The quantitative estimate of drug-likeness (QED) is 0.744. The molecule has 0 saturated carbocycles. The SMILES string of the molecule is COc1cccc(NC(=S)[C@H](C#N)C(=O)Nc2cccc(C(F)(F)F)c2)c1. The van der Waals surface area contributed by atoms with Gasteiger partial charge in [-0.2, -0.15) is 18.4 Å². The normalized spacial score (nSPS) is 11.8. The molecule has 2 rings (SSSR count). The van der Waals surface area contributed by atoms with Crippen LogP contribution in [0.25, 0.3) is 0 Å². The van der Waals surface area contributed by atoms with E-state index in [1.165, 1.54) is 13.2 Å². The molecule has 0 spiro atoms. The molecule has 27 heavy (non-hydrogen) atoms. The van der Waals surface area contributed by atoms with Crippen molar-refractivity contribution in [3.05, 3.63) is 54.1 Å². The summed E-state index contributed by atoms with van der Waals surface area (Å²) < 4.78 is 43.3. The van der Waals surface area contributed by atoms with E-state index < -0.39 is 23.6 Å². The summed E-state index contributed by atoms with van der Waals surface area (Å²) in [6.45, 7) is 0. The first-order valence-corrected chi connectivity index (χ1v) is 7.98. The maximum Gasteiger partial charge on any atom is 0.416 e. The summed E-state index contributed by atoms with van der Waals surface area (Å²) in [6, 6.07) is 12.5. The smallest absolute Gasteiger partial charge is 0.416 e. The molecule has 1 amide bonds. The number of hydrogen-bond acceptors (Lipinski definition) is 4. The molecule has 0 saturated heterocycles. The van der Waals surface area contributed by atoms with Crippen molar-refractivity contribution >= 4 is 34.5 Å². The van der Waals surface area contributed by atoms with Crippen molar-refractivity contribution in [3.63, 3.8) is 0 Å². The minimum atomic E-state index is -4.54. The largest absolute Gasteiger partial charge is 0.497 e. The van der Waals surface area contributed by atoms with Crippen molar-refractivity contribution in [2.24, 2.45) is 5.92 Å². The fourth-order valence-corrected chi connectivity index (χ4v) is 2.42. The lowest BCUT2D eigenvalue weighted by Crippen LogP contribution is -2.31. The number of anilines is 2. The van der Waals surface area contributed by atoms with Crippen molar-refractivity contribution in [3.8, 4) is 11.8 Å². The zero-order valence-corrected chi connectivity index (χ0v) is 14.8. The first-order chi connectivity index (χ1) is 12.7. The minimum Gasteiger partial charge on any atom is -0.497 e. The molecular formula is C18H14F3N3O2S. The lowest BCUT2D eigenvalue weighted by molar-refractivity contribution is -0.137. The molecule has 9 heteroatoms. The molecule has 0 heterocycles. The number of nitriles is 1. The number of alkyl halides is 3. The Morgan fingerprint density at radius 1 is 1.15 bits per heavy atom. The summed E-state index contributed by atoms with van der Waals surface area (Å²) in [6.07, 6.45) is -4.54. The van der Waals surface area contributed by atoms with E-state index in [1.54, 1.807) is 30.3 Å². The number of carbonyl (C=O) groups is 1. The lowest BCUT2D eigenvalue weighted by Gasteiger charge is -2.15. The summed E-state index contributed by atoms with van der Waals surface area (Å²) in [5, 5.41) is 14.3. The predicted molar refractivity (Wildman–Crippen MR) is 98.4 cm³/mol. The second-order valence-corrected chi connectivity index (χ2v) is 5.79. The molecule has 2 N–H and O–H groups in total. The molecule has 140 valence electrons. The molecule has 0 fully saturated rings. The monoisotopic (exact) mass is 393 g/mol. The van der Waals surface area contributed by atoms with Crippen LogP contribution in [0.5, 0.6) is 5.75 Å². The van der Waals surface area contributed by atoms with Gasteiger partial charge in [-0.1, -0.05) is 24.4 Å². The van der Waals surface area contributed by atoms with Gasteiger partial charge in [-0.25, -0.2) is 0 Å². The molecule has 0 unspecified atom stereocenters. The molecule has 0 radical (unpaired) electrons. The number of hydrogen-bond donors (Lipinski definition) is 2. The first kappa shape index (κ1) is 20.2. The Hall–Kier alpha value is -3.12. The highest BCUT2D eigenvalue weighted by molar-refractivity contribution is 7.80. The molecule has 0 aliphatic carbocycles. The molecule has 5 nitrogen and oxygen atoms in total. The molecule has 0 aliphatic rings. The van der Waals surface area contributed by atoms with Gasteiger partial charge in [-0.3, -0.25) is 4.79 Å². The van der Waals surface area contributed by atoms with Crippen LogP contribution in [0.15, 0.2) is 48.5 Å². The molecule has 2 aromatic rings. The van der Waals surface area contributed by atoms with Crippen molar-refractivity contribution in [2.75, 3.05) is 17.7 Å². The Bertz CT molecular complexity index is 894. The van der Waals surface area contributed by atoms with Gasteiger partial charge in [0.1, 0.15) is 10.7 Å². The fourth-order valence-electron chi connectivity index (χ4n) is 2.14. The number of nitrogens with zero attached hydrogens (tertiary/aromatic N) is 1. The fraction of sp³-hybridized carbons (Fsp3) is 0.167. The Morgan fingerprint density at radius 2 is 1.78 bits per heavy atom. The Morgan fingerprint density at radius 3 is 2.37 bits per heavy atom. The third kappa shape index (κ3) is 5.43. The van der Waals surface area contributed by atoms with Crippen molar-refractivity contribution in [1.29, 1.82) is 5.26 Å².